The molecule has 3 heteroatoms. The van der Waals surface area contributed by atoms with Crippen molar-refractivity contribution in [2.45, 2.75) is 0 Å². The molecule has 0 aliphatic heterocycles. The maximum absolute atomic E-state index is 13.2. The highest BCUT2D eigenvalue weighted by atomic mass is 19.1. The molecule has 0 aliphatic rings. The van der Waals surface area contributed by atoms with E-state index in [2.05, 4.69) is 4.98 Å². The van der Waals surface area contributed by atoms with Crippen LogP contribution in [0.15, 0.2) is 60.9 Å². The molecular weight excluding hydrogens is 241 g/mol. The SMILES string of the molecule is O=C(c1cccc(F)c1)c1cncc2ccccc12. The third kappa shape index (κ3) is 2.10. The zero-order valence-corrected chi connectivity index (χ0v) is 10.0. The number of hydrogen-bond donors (Lipinski definition) is 0. The van der Waals surface area contributed by atoms with Gasteiger partial charge in [-0.2, -0.15) is 0 Å². The van der Waals surface area contributed by atoms with Crippen molar-refractivity contribution in [2.24, 2.45) is 0 Å². The van der Waals surface area contributed by atoms with Gasteiger partial charge in [0.25, 0.3) is 0 Å². The van der Waals surface area contributed by atoms with Gasteiger partial charge in [-0.3, -0.25) is 9.78 Å². The van der Waals surface area contributed by atoms with E-state index in [9.17, 15) is 9.18 Å². The highest BCUT2D eigenvalue weighted by molar-refractivity contribution is 6.16. The minimum Gasteiger partial charge on any atom is -0.289 e. The van der Waals surface area contributed by atoms with E-state index in [4.69, 9.17) is 0 Å². The molecule has 0 aliphatic carbocycles. The second-order valence-electron chi connectivity index (χ2n) is 4.25. The molecule has 0 N–H and O–H groups in total. The summed E-state index contributed by atoms with van der Waals surface area (Å²) in [7, 11) is 0. The van der Waals surface area contributed by atoms with Gasteiger partial charge in [0.15, 0.2) is 5.78 Å². The topological polar surface area (TPSA) is 30.0 Å². The zero-order chi connectivity index (χ0) is 13.2. The van der Waals surface area contributed by atoms with Crippen LogP contribution in [0.25, 0.3) is 10.8 Å². The van der Waals surface area contributed by atoms with E-state index >= 15 is 0 Å². The van der Waals surface area contributed by atoms with Gasteiger partial charge in [-0.25, -0.2) is 4.39 Å². The average molecular weight is 251 g/mol. The normalized spacial score (nSPS) is 10.6. The van der Waals surface area contributed by atoms with E-state index < -0.39 is 5.82 Å². The Morgan fingerprint density at radius 2 is 1.84 bits per heavy atom. The molecule has 3 rings (SSSR count). The Hall–Kier alpha value is -2.55. The summed E-state index contributed by atoms with van der Waals surface area (Å²) in [5.74, 6) is -0.636. The number of ketones is 1. The van der Waals surface area contributed by atoms with Crippen LogP contribution in [0.1, 0.15) is 15.9 Å². The van der Waals surface area contributed by atoms with E-state index in [1.165, 1.54) is 24.4 Å². The molecule has 0 spiro atoms. The lowest BCUT2D eigenvalue weighted by Gasteiger charge is -2.05. The second-order valence-corrected chi connectivity index (χ2v) is 4.25. The highest BCUT2D eigenvalue weighted by Crippen LogP contribution is 2.20. The number of hydrogen-bond acceptors (Lipinski definition) is 2. The predicted octanol–water partition coefficient (Wildman–Crippen LogP) is 3.60. The number of pyridine rings is 1. The number of carbonyl (C=O) groups is 1. The fourth-order valence-corrected chi connectivity index (χ4v) is 2.08. The molecular formula is C16H10FNO. The molecule has 0 atom stereocenters. The Kier molecular flexibility index (Phi) is 2.80. The van der Waals surface area contributed by atoms with E-state index in [-0.39, 0.29) is 5.78 Å². The summed E-state index contributed by atoms with van der Waals surface area (Å²) in [6.07, 6.45) is 3.23. The Morgan fingerprint density at radius 1 is 1.00 bits per heavy atom. The Labute approximate surface area is 109 Å². The maximum atomic E-state index is 13.2. The molecule has 3 aromatic rings. The Balaban J connectivity index is 2.17. The molecule has 2 nitrogen and oxygen atoms in total. The number of nitrogens with zero attached hydrogens (tertiary/aromatic N) is 1. The van der Waals surface area contributed by atoms with Crippen LogP contribution in [0.5, 0.6) is 0 Å². The number of benzene rings is 2. The van der Waals surface area contributed by atoms with Gasteiger partial charge in [0.1, 0.15) is 5.82 Å². The average Bonchev–Trinajstić information content (AvgIpc) is 2.46. The first-order valence-electron chi connectivity index (χ1n) is 5.89. The summed E-state index contributed by atoms with van der Waals surface area (Å²) in [6, 6.07) is 13.2. The van der Waals surface area contributed by atoms with Crippen LogP contribution in [-0.2, 0) is 0 Å². The number of carbonyl (C=O) groups excluding carboxylic acids is 1. The monoisotopic (exact) mass is 251 g/mol. The first kappa shape index (κ1) is 11.5. The molecule has 0 saturated heterocycles. The molecule has 92 valence electrons. The van der Waals surface area contributed by atoms with Crippen molar-refractivity contribution in [1.82, 2.24) is 4.98 Å². The van der Waals surface area contributed by atoms with Crippen LogP contribution < -0.4 is 0 Å². The van der Waals surface area contributed by atoms with Crippen LogP contribution in [0.4, 0.5) is 4.39 Å². The highest BCUT2D eigenvalue weighted by Gasteiger charge is 2.13. The fourth-order valence-electron chi connectivity index (χ4n) is 2.08. The van der Waals surface area contributed by atoms with Gasteiger partial charge in [-0.05, 0) is 17.5 Å². The van der Waals surface area contributed by atoms with Gasteiger partial charge >= 0.3 is 0 Å². The van der Waals surface area contributed by atoms with Crippen molar-refractivity contribution in [3.8, 4) is 0 Å². The third-order valence-electron chi connectivity index (χ3n) is 3.00. The van der Waals surface area contributed by atoms with Gasteiger partial charge < -0.3 is 0 Å². The van der Waals surface area contributed by atoms with Crippen LogP contribution in [-0.4, -0.2) is 10.8 Å². The molecule has 0 unspecified atom stereocenters. The molecule has 0 radical (unpaired) electrons. The van der Waals surface area contributed by atoms with Crippen LogP contribution in [0, 0.1) is 5.82 Å². The first-order valence-corrected chi connectivity index (χ1v) is 5.89. The fraction of sp³-hybridized carbons (Fsp3) is 0. The molecule has 1 heterocycles. The summed E-state index contributed by atoms with van der Waals surface area (Å²) in [5.41, 5.74) is 0.821. The second kappa shape index (κ2) is 4.61. The molecule has 0 amide bonds. The van der Waals surface area contributed by atoms with Gasteiger partial charge in [0.05, 0.1) is 0 Å². The smallest absolute Gasteiger partial charge is 0.195 e. The summed E-state index contributed by atoms with van der Waals surface area (Å²) >= 11 is 0. The molecule has 0 bridgehead atoms. The van der Waals surface area contributed by atoms with Gasteiger partial charge in [0, 0.05) is 28.9 Å². The number of rotatable bonds is 2. The summed E-state index contributed by atoms with van der Waals surface area (Å²) in [6.45, 7) is 0. The van der Waals surface area contributed by atoms with Gasteiger partial charge in [-0.1, -0.05) is 36.4 Å². The maximum Gasteiger partial charge on any atom is 0.195 e. The Morgan fingerprint density at radius 3 is 2.68 bits per heavy atom. The van der Waals surface area contributed by atoms with Crippen molar-refractivity contribution >= 4 is 16.6 Å². The van der Waals surface area contributed by atoms with Crippen LogP contribution in [0.3, 0.4) is 0 Å². The molecule has 2 aromatic carbocycles. The van der Waals surface area contributed by atoms with E-state index in [0.717, 1.165) is 10.8 Å². The van der Waals surface area contributed by atoms with E-state index in [0.29, 0.717) is 11.1 Å². The lowest BCUT2D eigenvalue weighted by Crippen LogP contribution is -2.03. The van der Waals surface area contributed by atoms with Crippen molar-refractivity contribution in [3.05, 3.63) is 77.9 Å². The molecule has 19 heavy (non-hydrogen) atoms. The largest absolute Gasteiger partial charge is 0.289 e. The first-order chi connectivity index (χ1) is 9.25. The van der Waals surface area contributed by atoms with Crippen molar-refractivity contribution in [3.63, 3.8) is 0 Å². The lowest BCUT2D eigenvalue weighted by molar-refractivity contribution is 0.103. The van der Waals surface area contributed by atoms with Gasteiger partial charge in [-0.15, -0.1) is 0 Å². The van der Waals surface area contributed by atoms with Crippen molar-refractivity contribution in [2.75, 3.05) is 0 Å². The van der Waals surface area contributed by atoms with E-state index in [1.807, 2.05) is 24.3 Å². The zero-order valence-electron chi connectivity index (χ0n) is 10.0. The Bertz CT molecular complexity index is 762. The van der Waals surface area contributed by atoms with Gasteiger partial charge in [0.2, 0.25) is 0 Å². The minimum absolute atomic E-state index is 0.219. The van der Waals surface area contributed by atoms with Crippen molar-refractivity contribution in [1.29, 1.82) is 0 Å². The number of halogens is 1. The minimum atomic E-state index is -0.418. The summed E-state index contributed by atoms with van der Waals surface area (Å²) in [5, 5.41) is 1.72. The van der Waals surface area contributed by atoms with Crippen molar-refractivity contribution < 1.29 is 9.18 Å². The molecule has 0 saturated carbocycles. The quantitative estimate of drug-likeness (QED) is 0.651. The van der Waals surface area contributed by atoms with E-state index in [1.54, 1.807) is 12.3 Å². The van der Waals surface area contributed by atoms with Crippen LogP contribution >= 0.6 is 0 Å². The predicted molar refractivity (Wildman–Crippen MR) is 71.6 cm³/mol. The third-order valence-corrected chi connectivity index (χ3v) is 3.00. The number of aromatic nitrogens is 1. The molecule has 0 fully saturated rings. The van der Waals surface area contributed by atoms with Crippen LogP contribution in [0.2, 0.25) is 0 Å². The molecule has 1 aromatic heterocycles. The standard InChI is InChI=1S/C16H10FNO/c17-13-6-3-5-11(8-13)16(19)15-10-18-9-12-4-1-2-7-14(12)15/h1-10H. The lowest BCUT2D eigenvalue weighted by atomic mass is 10.00. The summed E-state index contributed by atoms with van der Waals surface area (Å²) < 4.78 is 13.2. The number of fused-ring (bicyclic) bond motifs is 1. The summed E-state index contributed by atoms with van der Waals surface area (Å²) in [4.78, 5) is 16.5.